The molecule has 1 aliphatic rings. The van der Waals surface area contributed by atoms with Crippen molar-refractivity contribution in [2.75, 3.05) is 13.2 Å². The number of ketones is 1. The van der Waals surface area contributed by atoms with Gasteiger partial charge in [0.25, 0.3) is 5.91 Å². The number of amides is 1. The van der Waals surface area contributed by atoms with E-state index in [4.69, 9.17) is 4.74 Å². The standard InChI is InChI=1S/C28H36INO3/c1-6-11-23(31)28(21-13-8-7-9-14-21)16-17-30(24(29)18-28)25(32)19-33-26-20(2)12-10-15-22(26)27(3,4)5/h7-10,12-15,24H,6,11,16-19H2,1-5H3. The third-order valence-corrected chi connectivity index (χ3v) is 7.76. The maximum atomic E-state index is 13.3. The first-order chi connectivity index (χ1) is 15.6. The van der Waals surface area contributed by atoms with E-state index in [-0.39, 0.29) is 27.8 Å². The number of piperidine rings is 1. The molecular formula is C28H36INO3. The predicted molar refractivity (Wildman–Crippen MR) is 142 cm³/mol. The number of rotatable bonds is 7. The van der Waals surface area contributed by atoms with Gasteiger partial charge >= 0.3 is 0 Å². The smallest absolute Gasteiger partial charge is 0.261 e. The van der Waals surface area contributed by atoms with E-state index >= 15 is 0 Å². The van der Waals surface area contributed by atoms with Crippen LogP contribution in [0.4, 0.5) is 0 Å². The van der Waals surface area contributed by atoms with Crippen LogP contribution in [-0.2, 0) is 20.4 Å². The zero-order valence-electron chi connectivity index (χ0n) is 20.5. The van der Waals surface area contributed by atoms with Gasteiger partial charge in [-0.2, -0.15) is 0 Å². The Labute approximate surface area is 212 Å². The summed E-state index contributed by atoms with van der Waals surface area (Å²) in [7, 11) is 0. The lowest BCUT2D eigenvalue weighted by Crippen LogP contribution is -2.53. The molecule has 1 fully saturated rings. The number of hydrogen-bond donors (Lipinski definition) is 0. The second kappa shape index (κ2) is 10.6. The van der Waals surface area contributed by atoms with Crippen LogP contribution in [0.1, 0.15) is 70.1 Å². The molecule has 2 aromatic carbocycles. The molecule has 2 atom stereocenters. The first-order valence-electron chi connectivity index (χ1n) is 11.9. The molecule has 5 heteroatoms. The number of likely N-dealkylation sites (tertiary alicyclic amines) is 1. The van der Waals surface area contributed by atoms with E-state index in [9.17, 15) is 9.59 Å². The van der Waals surface area contributed by atoms with Crippen molar-refractivity contribution in [2.45, 2.75) is 75.2 Å². The molecule has 2 aromatic rings. The Bertz CT molecular complexity index is 982. The summed E-state index contributed by atoms with van der Waals surface area (Å²) >= 11 is 2.33. The third-order valence-electron chi connectivity index (χ3n) is 6.65. The average molecular weight is 562 g/mol. The molecule has 2 unspecified atom stereocenters. The summed E-state index contributed by atoms with van der Waals surface area (Å²) in [5, 5.41) is 0. The fourth-order valence-electron chi connectivity index (χ4n) is 4.78. The van der Waals surface area contributed by atoms with E-state index in [1.165, 1.54) is 0 Å². The molecule has 0 spiro atoms. The monoisotopic (exact) mass is 561 g/mol. The molecule has 0 saturated carbocycles. The summed E-state index contributed by atoms with van der Waals surface area (Å²) in [6.07, 6.45) is 2.69. The van der Waals surface area contributed by atoms with Gasteiger partial charge < -0.3 is 9.64 Å². The van der Waals surface area contributed by atoms with Gasteiger partial charge in [-0.1, -0.05) is 98.8 Å². The van der Waals surface area contributed by atoms with Crippen LogP contribution in [0, 0.1) is 6.92 Å². The van der Waals surface area contributed by atoms with Crippen molar-refractivity contribution in [3.05, 3.63) is 65.2 Å². The quantitative estimate of drug-likeness (QED) is 0.225. The number of carbonyl (C=O) groups excluding carboxylic acids is 2. The van der Waals surface area contributed by atoms with Crippen LogP contribution >= 0.6 is 22.6 Å². The zero-order chi connectivity index (χ0) is 24.2. The summed E-state index contributed by atoms with van der Waals surface area (Å²) < 4.78 is 6.06. The fraction of sp³-hybridized carbons (Fsp3) is 0.500. The molecular weight excluding hydrogens is 525 g/mol. The molecule has 33 heavy (non-hydrogen) atoms. The molecule has 178 valence electrons. The van der Waals surface area contributed by atoms with Crippen LogP contribution in [0.15, 0.2) is 48.5 Å². The summed E-state index contributed by atoms with van der Waals surface area (Å²) in [6.45, 7) is 11.1. The molecule has 0 radical (unpaired) electrons. The highest BCUT2D eigenvalue weighted by Gasteiger charge is 2.46. The fourth-order valence-corrected chi connectivity index (χ4v) is 6.12. The second-order valence-electron chi connectivity index (χ2n) is 10.1. The molecule has 0 aromatic heterocycles. The normalized spacial score (nSPS) is 21.0. The predicted octanol–water partition coefficient (Wildman–Crippen LogP) is 6.36. The lowest BCUT2D eigenvalue weighted by Gasteiger charge is -2.44. The number of benzene rings is 2. The van der Waals surface area contributed by atoms with Crippen LogP contribution in [0.5, 0.6) is 5.75 Å². The van der Waals surface area contributed by atoms with Crippen molar-refractivity contribution < 1.29 is 14.3 Å². The number of para-hydroxylation sites is 1. The molecule has 1 saturated heterocycles. The van der Waals surface area contributed by atoms with Crippen molar-refractivity contribution in [1.82, 2.24) is 4.90 Å². The van der Waals surface area contributed by atoms with Gasteiger partial charge in [-0.05, 0) is 48.3 Å². The van der Waals surface area contributed by atoms with Crippen molar-refractivity contribution >= 4 is 34.3 Å². The van der Waals surface area contributed by atoms with Gasteiger partial charge in [-0.25, -0.2) is 0 Å². The number of halogens is 1. The van der Waals surface area contributed by atoms with E-state index in [0.29, 0.717) is 25.8 Å². The molecule has 4 nitrogen and oxygen atoms in total. The van der Waals surface area contributed by atoms with Gasteiger partial charge in [0.15, 0.2) is 6.61 Å². The number of nitrogens with zero attached hydrogens (tertiary/aromatic N) is 1. The SMILES string of the molecule is CCCC(=O)C1(c2ccccc2)CCN(C(=O)COc2c(C)cccc2C(C)(C)C)C(I)C1. The Balaban J connectivity index is 1.76. The Morgan fingerprint density at radius 2 is 1.82 bits per heavy atom. The minimum Gasteiger partial charge on any atom is -0.483 e. The van der Waals surface area contributed by atoms with Crippen molar-refractivity contribution in [3.63, 3.8) is 0 Å². The Morgan fingerprint density at radius 3 is 2.42 bits per heavy atom. The minimum atomic E-state index is -0.518. The van der Waals surface area contributed by atoms with Gasteiger partial charge in [0.05, 0.1) is 9.46 Å². The van der Waals surface area contributed by atoms with Crippen LogP contribution in [-0.4, -0.2) is 33.8 Å². The lowest BCUT2D eigenvalue weighted by molar-refractivity contribution is -0.138. The third kappa shape index (κ3) is 5.61. The summed E-state index contributed by atoms with van der Waals surface area (Å²) in [4.78, 5) is 28.4. The molecule has 0 N–H and O–H groups in total. The van der Waals surface area contributed by atoms with Crippen LogP contribution in [0.25, 0.3) is 0 Å². The summed E-state index contributed by atoms with van der Waals surface area (Å²) in [6, 6.07) is 16.2. The number of carbonyl (C=O) groups is 2. The maximum absolute atomic E-state index is 13.3. The Kier molecular flexibility index (Phi) is 8.25. The molecule has 1 aliphatic heterocycles. The van der Waals surface area contributed by atoms with Crippen molar-refractivity contribution in [2.24, 2.45) is 0 Å². The highest BCUT2D eigenvalue weighted by Crippen LogP contribution is 2.42. The highest BCUT2D eigenvalue weighted by atomic mass is 127. The molecule has 1 heterocycles. The van der Waals surface area contributed by atoms with Gasteiger partial charge in [0, 0.05) is 13.0 Å². The highest BCUT2D eigenvalue weighted by molar-refractivity contribution is 14.1. The Hall–Kier alpha value is -1.89. The molecule has 0 bridgehead atoms. The van der Waals surface area contributed by atoms with Crippen molar-refractivity contribution in [3.8, 4) is 5.75 Å². The number of Topliss-reactive ketones (excluding diaryl/α,β-unsaturated/α-hetero) is 1. The van der Waals surface area contributed by atoms with E-state index in [2.05, 4.69) is 61.6 Å². The topological polar surface area (TPSA) is 46.6 Å². The number of alkyl halides is 1. The zero-order valence-corrected chi connectivity index (χ0v) is 22.6. The molecule has 3 rings (SSSR count). The molecule has 0 aliphatic carbocycles. The van der Waals surface area contributed by atoms with E-state index in [0.717, 1.165) is 28.9 Å². The van der Waals surface area contributed by atoms with E-state index in [1.54, 1.807) is 0 Å². The average Bonchev–Trinajstić information content (AvgIpc) is 2.77. The van der Waals surface area contributed by atoms with Gasteiger partial charge in [0.2, 0.25) is 0 Å². The number of ether oxygens (including phenoxy) is 1. The van der Waals surface area contributed by atoms with Crippen molar-refractivity contribution in [1.29, 1.82) is 0 Å². The van der Waals surface area contributed by atoms with E-state index in [1.807, 2.05) is 49.1 Å². The largest absolute Gasteiger partial charge is 0.483 e. The summed E-state index contributed by atoms with van der Waals surface area (Å²) in [5.41, 5.74) is 2.62. The van der Waals surface area contributed by atoms with Crippen LogP contribution < -0.4 is 4.74 Å². The molecule has 1 amide bonds. The van der Waals surface area contributed by atoms with Crippen LogP contribution in [0.2, 0.25) is 0 Å². The first kappa shape index (κ1) is 25.7. The summed E-state index contributed by atoms with van der Waals surface area (Å²) in [5.74, 6) is 1.06. The maximum Gasteiger partial charge on any atom is 0.261 e. The Morgan fingerprint density at radius 1 is 1.12 bits per heavy atom. The minimum absolute atomic E-state index is 0.00861. The second-order valence-corrected chi connectivity index (χ2v) is 11.5. The lowest BCUT2D eigenvalue weighted by atomic mass is 9.68. The van der Waals surface area contributed by atoms with Crippen LogP contribution in [0.3, 0.4) is 0 Å². The van der Waals surface area contributed by atoms with Gasteiger partial charge in [-0.3, -0.25) is 9.59 Å². The number of hydrogen-bond acceptors (Lipinski definition) is 3. The van der Waals surface area contributed by atoms with Gasteiger partial charge in [-0.15, -0.1) is 0 Å². The first-order valence-corrected chi connectivity index (χ1v) is 13.1. The van der Waals surface area contributed by atoms with E-state index < -0.39 is 5.41 Å². The number of aryl methyl sites for hydroxylation is 1. The van der Waals surface area contributed by atoms with Gasteiger partial charge in [0.1, 0.15) is 11.5 Å².